The highest BCUT2D eigenvalue weighted by Gasteiger charge is 2.19. The molecular formula is C20H28N4O. The first kappa shape index (κ1) is 17.6. The molecule has 134 valence electrons. The van der Waals surface area contributed by atoms with Crippen LogP contribution in [0, 0.1) is 12.8 Å². The maximum atomic E-state index is 12.5. The topological polar surface area (TPSA) is 59.8 Å². The Labute approximate surface area is 149 Å². The van der Waals surface area contributed by atoms with Crippen molar-refractivity contribution in [2.45, 2.75) is 65.0 Å². The molecule has 1 saturated carbocycles. The number of aromatic nitrogens is 3. The summed E-state index contributed by atoms with van der Waals surface area (Å²) in [4.78, 5) is 12.5. The number of carbonyl (C=O) groups excluding carboxylic acids is 1. The summed E-state index contributed by atoms with van der Waals surface area (Å²) in [5, 5.41) is 11.3. The number of hydrogen-bond acceptors (Lipinski definition) is 3. The molecule has 1 aliphatic carbocycles. The van der Waals surface area contributed by atoms with E-state index in [0.717, 1.165) is 18.5 Å². The first-order valence-electron chi connectivity index (χ1n) is 9.43. The Hall–Kier alpha value is -2.17. The highest BCUT2D eigenvalue weighted by atomic mass is 16.2. The van der Waals surface area contributed by atoms with Crippen molar-refractivity contribution in [1.29, 1.82) is 0 Å². The molecule has 0 radical (unpaired) electrons. The molecule has 0 bridgehead atoms. The number of benzene rings is 1. The Morgan fingerprint density at radius 3 is 2.64 bits per heavy atom. The van der Waals surface area contributed by atoms with Gasteiger partial charge in [0.2, 0.25) is 0 Å². The van der Waals surface area contributed by atoms with Gasteiger partial charge in [-0.2, -0.15) is 0 Å². The van der Waals surface area contributed by atoms with Crippen molar-refractivity contribution < 1.29 is 4.79 Å². The maximum absolute atomic E-state index is 12.5. The van der Waals surface area contributed by atoms with Crippen molar-refractivity contribution >= 4 is 5.91 Å². The third kappa shape index (κ3) is 4.68. The summed E-state index contributed by atoms with van der Waals surface area (Å²) in [6.45, 7) is 5.01. The van der Waals surface area contributed by atoms with Crippen molar-refractivity contribution in [3.05, 3.63) is 47.3 Å². The van der Waals surface area contributed by atoms with Gasteiger partial charge < -0.3 is 5.32 Å². The van der Waals surface area contributed by atoms with Gasteiger partial charge in [0.25, 0.3) is 5.91 Å². The van der Waals surface area contributed by atoms with E-state index in [-0.39, 0.29) is 11.9 Å². The van der Waals surface area contributed by atoms with Crippen LogP contribution in [0.25, 0.3) is 0 Å². The predicted octanol–water partition coefficient (Wildman–Crippen LogP) is 4.05. The molecule has 3 rings (SSSR count). The number of aryl methyl sites for hydroxylation is 1. The zero-order chi connectivity index (χ0) is 17.6. The number of carbonyl (C=O) groups is 1. The smallest absolute Gasteiger partial charge is 0.273 e. The summed E-state index contributed by atoms with van der Waals surface area (Å²) >= 11 is 0. The second kappa shape index (κ2) is 8.28. The van der Waals surface area contributed by atoms with E-state index in [1.165, 1.54) is 37.7 Å². The van der Waals surface area contributed by atoms with Gasteiger partial charge in [0.15, 0.2) is 5.69 Å². The third-order valence-corrected chi connectivity index (χ3v) is 5.13. The second-order valence-electron chi connectivity index (χ2n) is 7.17. The summed E-state index contributed by atoms with van der Waals surface area (Å²) < 4.78 is 1.83. The molecule has 1 aliphatic rings. The number of hydrogen-bond donors (Lipinski definition) is 1. The highest BCUT2D eigenvalue weighted by molar-refractivity contribution is 5.92. The molecule has 25 heavy (non-hydrogen) atoms. The fraction of sp³-hybridized carbons (Fsp3) is 0.550. The van der Waals surface area contributed by atoms with Gasteiger partial charge in [0, 0.05) is 6.54 Å². The van der Waals surface area contributed by atoms with Gasteiger partial charge in [-0.1, -0.05) is 61.2 Å². The molecule has 1 aromatic carbocycles. The van der Waals surface area contributed by atoms with Crippen LogP contribution in [0.1, 0.15) is 73.1 Å². The summed E-state index contributed by atoms with van der Waals surface area (Å²) in [6, 6.07) is 8.29. The van der Waals surface area contributed by atoms with Crippen LogP contribution in [0.3, 0.4) is 0 Å². The zero-order valence-corrected chi connectivity index (χ0v) is 15.2. The average Bonchev–Trinajstić information content (AvgIpc) is 3.10. The molecule has 1 unspecified atom stereocenters. The lowest BCUT2D eigenvalue weighted by atomic mass is 9.89. The monoisotopic (exact) mass is 340 g/mol. The minimum atomic E-state index is -0.151. The number of amides is 1. The standard InChI is InChI=1S/C20H28N4O/c1-3-18(17-11-9-15(2)10-12-17)21-20(25)19-14-24(23-22-19)13-16-7-5-4-6-8-16/h9-12,14,16,18H,3-8,13H2,1-2H3,(H,21,25). The quantitative estimate of drug-likeness (QED) is 0.863. The van der Waals surface area contributed by atoms with Gasteiger partial charge >= 0.3 is 0 Å². The van der Waals surface area contributed by atoms with E-state index < -0.39 is 0 Å². The zero-order valence-electron chi connectivity index (χ0n) is 15.2. The molecule has 1 heterocycles. The third-order valence-electron chi connectivity index (χ3n) is 5.13. The average molecular weight is 340 g/mol. The first-order valence-corrected chi connectivity index (χ1v) is 9.43. The van der Waals surface area contributed by atoms with Crippen molar-refractivity contribution in [1.82, 2.24) is 20.3 Å². The van der Waals surface area contributed by atoms with Gasteiger partial charge in [0.1, 0.15) is 0 Å². The minimum Gasteiger partial charge on any atom is -0.344 e. The van der Waals surface area contributed by atoms with E-state index in [2.05, 4.69) is 53.7 Å². The van der Waals surface area contributed by atoms with Gasteiger partial charge in [-0.25, -0.2) is 0 Å². The van der Waals surface area contributed by atoms with Crippen molar-refractivity contribution in [3.63, 3.8) is 0 Å². The summed E-state index contributed by atoms with van der Waals surface area (Å²) in [5.74, 6) is 0.518. The van der Waals surface area contributed by atoms with E-state index in [9.17, 15) is 4.79 Å². The van der Waals surface area contributed by atoms with Gasteiger partial charge in [-0.05, 0) is 37.7 Å². The molecule has 1 N–H and O–H groups in total. The van der Waals surface area contributed by atoms with E-state index in [4.69, 9.17) is 0 Å². The number of rotatable bonds is 6. The fourth-order valence-corrected chi connectivity index (χ4v) is 3.58. The van der Waals surface area contributed by atoms with Gasteiger partial charge in [0.05, 0.1) is 12.2 Å². The van der Waals surface area contributed by atoms with Crippen LogP contribution in [-0.4, -0.2) is 20.9 Å². The molecule has 0 saturated heterocycles. The Morgan fingerprint density at radius 1 is 1.24 bits per heavy atom. The van der Waals surface area contributed by atoms with Gasteiger partial charge in [-0.3, -0.25) is 9.48 Å². The minimum absolute atomic E-state index is 0.00315. The highest BCUT2D eigenvalue weighted by Crippen LogP contribution is 2.24. The number of nitrogens with zero attached hydrogens (tertiary/aromatic N) is 3. The molecule has 1 aromatic heterocycles. The molecule has 5 nitrogen and oxygen atoms in total. The summed E-state index contributed by atoms with van der Waals surface area (Å²) in [7, 11) is 0. The van der Waals surface area contributed by atoms with Crippen LogP contribution in [0.15, 0.2) is 30.5 Å². The molecule has 2 aromatic rings. The summed E-state index contributed by atoms with van der Waals surface area (Å²) in [5.41, 5.74) is 2.74. The van der Waals surface area contributed by atoms with E-state index in [1.54, 1.807) is 6.20 Å². The Kier molecular flexibility index (Phi) is 5.84. The van der Waals surface area contributed by atoms with Crippen LogP contribution in [0.2, 0.25) is 0 Å². The maximum Gasteiger partial charge on any atom is 0.273 e. The fourth-order valence-electron chi connectivity index (χ4n) is 3.58. The Balaban J connectivity index is 1.61. The largest absolute Gasteiger partial charge is 0.344 e. The van der Waals surface area contributed by atoms with Crippen LogP contribution in [0.4, 0.5) is 0 Å². The Morgan fingerprint density at radius 2 is 1.96 bits per heavy atom. The molecule has 1 amide bonds. The van der Waals surface area contributed by atoms with Crippen LogP contribution in [0.5, 0.6) is 0 Å². The number of nitrogens with one attached hydrogen (secondary N) is 1. The SMILES string of the molecule is CCC(NC(=O)c1cn(CC2CCCCC2)nn1)c1ccc(C)cc1. The normalized spacial score (nSPS) is 16.6. The molecular weight excluding hydrogens is 312 g/mol. The van der Waals surface area contributed by atoms with E-state index in [1.807, 2.05) is 4.68 Å². The van der Waals surface area contributed by atoms with Crippen molar-refractivity contribution in [2.75, 3.05) is 0 Å². The van der Waals surface area contributed by atoms with E-state index >= 15 is 0 Å². The van der Waals surface area contributed by atoms with Gasteiger partial charge in [-0.15, -0.1) is 5.10 Å². The summed E-state index contributed by atoms with van der Waals surface area (Å²) in [6.07, 6.45) is 9.10. The molecule has 1 fully saturated rings. The first-order chi connectivity index (χ1) is 12.2. The van der Waals surface area contributed by atoms with Crippen molar-refractivity contribution in [3.8, 4) is 0 Å². The molecule has 1 atom stereocenters. The molecule has 0 spiro atoms. The van der Waals surface area contributed by atoms with Crippen LogP contribution < -0.4 is 5.32 Å². The lowest BCUT2D eigenvalue weighted by Gasteiger charge is -2.20. The lowest BCUT2D eigenvalue weighted by molar-refractivity contribution is 0.0930. The van der Waals surface area contributed by atoms with E-state index in [0.29, 0.717) is 11.6 Å². The van der Waals surface area contributed by atoms with Crippen LogP contribution in [-0.2, 0) is 6.54 Å². The lowest BCUT2D eigenvalue weighted by Crippen LogP contribution is -2.28. The predicted molar refractivity (Wildman–Crippen MR) is 98.3 cm³/mol. The molecule has 5 heteroatoms. The van der Waals surface area contributed by atoms with Crippen LogP contribution >= 0.6 is 0 Å². The Bertz CT molecular complexity index is 686. The molecule has 0 aliphatic heterocycles. The van der Waals surface area contributed by atoms with Crippen molar-refractivity contribution in [2.24, 2.45) is 5.92 Å². The second-order valence-corrected chi connectivity index (χ2v) is 7.17.